The number of hydrazone groups is 1. The molecule has 0 aliphatic rings. The number of primary amides is 1. The average molecular weight is 550 g/mol. The van der Waals surface area contributed by atoms with E-state index in [-0.39, 0.29) is 12.2 Å². The first kappa shape index (κ1) is 32.3. The zero-order valence-corrected chi connectivity index (χ0v) is 22.1. The molecule has 0 unspecified atom stereocenters. The van der Waals surface area contributed by atoms with Crippen LogP contribution >= 0.6 is 0 Å². The SMILES string of the molecule is CC(=O)N[C@@H](Cc1ccc(O)cc1)C(=O)N[C@H](C(=O)N[C@@H](C)C(=O)N[C@H](/C=N\NC(N)=O)CC(=O)O)C(C)C. The van der Waals surface area contributed by atoms with Crippen LogP contribution in [-0.4, -0.2) is 76.2 Å². The minimum Gasteiger partial charge on any atom is -0.508 e. The number of hydrogen-bond donors (Lipinski definition) is 8. The van der Waals surface area contributed by atoms with Gasteiger partial charge >= 0.3 is 12.0 Å². The lowest BCUT2D eigenvalue weighted by atomic mass is 10.0. The molecule has 0 saturated carbocycles. The molecule has 214 valence electrons. The summed E-state index contributed by atoms with van der Waals surface area (Å²) in [6.07, 6.45) is 0.499. The molecule has 0 bridgehead atoms. The van der Waals surface area contributed by atoms with Crippen molar-refractivity contribution in [3.63, 3.8) is 0 Å². The van der Waals surface area contributed by atoms with Gasteiger partial charge in [0.2, 0.25) is 23.6 Å². The van der Waals surface area contributed by atoms with Crippen molar-refractivity contribution in [1.82, 2.24) is 26.7 Å². The van der Waals surface area contributed by atoms with Gasteiger partial charge in [0.05, 0.1) is 12.5 Å². The third kappa shape index (κ3) is 12.4. The molecule has 0 fully saturated rings. The Morgan fingerprint density at radius 2 is 1.54 bits per heavy atom. The molecule has 1 aromatic rings. The molecule has 0 aliphatic heterocycles. The van der Waals surface area contributed by atoms with Crippen LogP contribution in [-0.2, 0) is 30.4 Å². The molecule has 1 aromatic carbocycles. The monoisotopic (exact) mass is 549 g/mol. The quantitative estimate of drug-likeness (QED) is 0.102. The summed E-state index contributed by atoms with van der Waals surface area (Å²) in [5.74, 6) is -4.17. The van der Waals surface area contributed by atoms with E-state index in [0.29, 0.717) is 5.56 Å². The van der Waals surface area contributed by atoms with Crippen molar-refractivity contribution in [2.24, 2.45) is 16.8 Å². The number of benzene rings is 1. The Kier molecular flexibility index (Phi) is 12.9. The van der Waals surface area contributed by atoms with E-state index < -0.39 is 72.1 Å². The van der Waals surface area contributed by atoms with Crippen molar-refractivity contribution in [3.05, 3.63) is 29.8 Å². The van der Waals surface area contributed by atoms with Gasteiger partial charge in [-0.15, -0.1) is 0 Å². The van der Waals surface area contributed by atoms with Gasteiger partial charge in [-0.3, -0.25) is 24.0 Å². The summed E-state index contributed by atoms with van der Waals surface area (Å²) in [6, 6.07) is 0.705. The zero-order valence-electron chi connectivity index (χ0n) is 22.1. The van der Waals surface area contributed by atoms with Gasteiger partial charge in [0.15, 0.2) is 0 Å². The predicted octanol–water partition coefficient (Wildman–Crippen LogP) is -1.30. The van der Waals surface area contributed by atoms with Gasteiger partial charge in [0.1, 0.15) is 23.9 Å². The Labute approximate surface area is 225 Å². The third-order valence-electron chi connectivity index (χ3n) is 5.22. The number of hydrogen-bond acceptors (Lipinski definition) is 8. The number of aromatic hydroxyl groups is 1. The molecule has 0 radical (unpaired) electrons. The summed E-state index contributed by atoms with van der Waals surface area (Å²) in [5.41, 5.74) is 7.42. The average Bonchev–Trinajstić information content (AvgIpc) is 2.81. The molecule has 1 rings (SSSR count). The molecule has 15 nitrogen and oxygen atoms in total. The topological polar surface area (TPSA) is 241 Å². The van der Waals surface area contributed by atoms with Crippen molar-refractivity contribution in [1.29, 1.82) is 0 Å². The van der Waals surface area contributed by atoms with Gasteiger partial charge in [-0.25, -0.2) is 10.2 Å². The lowest BCUT2D eigenvalue weighted by Gasteiger charge is -2.26. The molecule has 9 N–H and O–H groups in total. The molecule has 15 heteroatoms. The van der Waals surface area contributed by atoms with Crippen LogP contribution < -0.4 is 32.4 Å². The highest BCUT2D eigenvalue weighted by atomic mass is 16.4. The predicted molar refractivity (Wildman–Crippen MR) is 139 cm³/mol. The van der Waals surface area contributed by atoms with Crippen molar-refractivity contribution in [3.8, 4) is 5.75 Å². The Morgan fingerprint density at radius 3 is 2.05 bits per heavy atom. The zero-order chi connectivity index (χ0) is 29.7. The Hall–Kier alpha value is -4.69. The molecule has 4 atom stereocenters. The van der Waals surface area contributed by atoms with Crippen molar-refractivity contribution >= 4 is 41.8 Å². The van der Waals surface area contributed by atoms with Gasteiger partial charge in [-0.1, -0.05) is 26.0 Å². The number of phenolic OH excluding ortho intramolecular Hbond substituents is 1. The fourth-order valence-electron chi connectivity index (χ4n) is 3.31. The largest absolute Gasteiger partial charge is 0.508 e. The number of carboxylic acid groups (broad SMARTS) is 1. The van der Waals surface area contributed by atoms with E-state index >= 15 is 0 Å². The molecule has 6 amide bonds. The Bertz CT molecular complexity index is 1070. The maximum absolute atomic E-state index is 13.0. The minimum atomic E-state index is -1.26. The summed E-state index contributed by atoms with van der Waals surface area (Å²) in [6.45, 7) is 5.95. The summed E-state index contributed by atoms with van der Waals surface area (Å²) in [7, 11) is 0. The molecule has 0 aromatic heterocycles. The maximum Gasteiger partial charge on any atom is 0.332 e. The maximum atomic E-state index is 13.0. The number of carboxylic acids is 1. The van der Waals surface area contributed by atoms with Crippen LogP contribution in [0.4, 0.5) is 4.79 Å². The first-order valence-corrected chi connectivity index (χ1v) is 12.0. The van der Waals surface area contributed by atoms with Gasteiger partial charge in [-0.2, -0.15) is 5.10 Å². The van der Waals surface area contributed by atoms with Crippen molar-refractivity contribution < 1.29 is 39.0 Å². The number of amides is 6. The molecule has 0 saturated heterocycles. The number of nitrogens with one attached hydrogen (secondary N) is 5. The standard InChI is InChI=1S/C24H35N7O8/c1-12(2)20(30-22(37)18(28-14(4)32)9-15-5-7-17(33)8-6-15)23(38)27-13(3)21(36)29-16(10-19(34)35)11-26-31-24(25)39/h5-8,11-13,16,18,20,33H,9-10H2,1-4H3,(H,27,38)(H,28,32)(H,29,36)(H,30,37)(H,34,35)(H3,25,31,39)/b26-11-/t13-,16-,18-,20-/m0/s1. The number of rotatable bonds is 14. The molecule has 0 spiro atoms. The van der Waals surface area contributed by atoms with Gasteiger partial charge in [0, 0.05) is 19.6 Å². The van der Waals surface area contributed by atoms with Gasteiger partial charge in [0.25, 0.3) is 0 Å². The second-order valence-electron chi connectivity index (χ2n) is 9.05. The minimum absolute atomic E-state index is 0.0397. The van der Waals surface area contributed by atoms with Crippen LogP contribution in [0.3, 0.4) is 0 Å². The van der Waals surface area contributed by atoms with E-state index in [1.165, 1.54) is 26.0 Å². The van der Waals surface area contributed by atoms with Crippen LogP contribution in [0.2, 0.25) is 0 Å². The Morgan fingerprint density at radius 1 is 0.923 bits per heavy atom. The fraction of sp³-hybridized carbons (Fsp3) is 0.458. The van der Waals surface area contributed by atoms with E-state index in [1.807, 2.05) is 5.43 Å². The van der Waals surface area contributed by atoms with Crippen LogP contribution in [0.1, 0.15) is 39.7 Å². The first-order valence-electron chi connectivity index (χ1n) is 12.0. The van der Waals surface area contributed by atoms with Crippen molar-refractivity contribution in [2.75, 3.05) is 0 Å². The van der Waals surface area contributed by atoms with Crippen molar-refractivity contribution in [2.45, 2.75) is 64.7 Å². The highest BCUT2D eigenvalue weighted by Gasteiger charge is 2.30. The summed E-state index contributed by atoms with van der Waals surface area (Å²) in [5, 5.41) is 32.0. The summed E-state index contributed by atoms with van der Waals surface area (Å²) in [4.78, 5) is 72.1. The normalized spacial score (nSPS) is 14.0. The highest BCUT2D eigenvalue weighted by molar-refractivity contribution is 5.95. The first-order chi connectivity index (χ1) is 18.2. The Balaban J connectivity index is 2.91. The summed E-state index contributed by atoms with van der Waals surface area (Å²) >= 11 is 0. The van der Waals surface area contributed by atoms with Crippen LogP contribution in [0.15, 0.2) is 29.4 Å². The second kappa shape index (κ2) is 15.5. The lowest BCUT2D eigenvalue weighted by Crippen LogP contribution is -2.58. The molecule has 0 aliphatic carbocycles. The van der Waals surface area contributed by atoms with E-state index in [1.54, 1.807) is 26.0 Å². The second-order valence-corrected chi connectivity index (χ2v) is 9.05. The molecule has 39 heavy (non-hydrogen) atoms. The molecular weight excluding hydrogens is 514 g/mol. The van der Waals surface area contributed by atoms with E-state index in [2.05, 4.69) is 26.4 Å². The number of nitrogens with zero attached hydrogens (tertiary/aromatic N) is 1. The number of carbonyl (C=O) groups is 6. The van der Waals surface area contributed by atoms with Gasteiger partial charge < -0.3 is 37.2 Å². The number of aliphatic carboxylic acids is 1. The number of nitrogens with two attached hydrogens (primary N) is 1. The molecular formula is C24H35N7O8. The summed E-state index contributed by atoms with van der Waals surface area (Å²) < 4.78 is 0. The van der Waals surface area contributed by atoms with Gasteiger partial charge in [-0.05, 0) is 30.5 Å². The third-order valence-corrected chi connectivity index (χ3v) is 5.22. The highest BCUT2D eigenvalue weighted by Crippen LogP contribution is 2.12. The van der Waals surface area contributed by atoms with Crippen LogP contribution in [0.5, 0.6) is 5.75 Å². The van der Waals surface area contributed by atoms with Crippen LogP contribution in [0, 0.1) is 5.92 Å². The molecule has 0 heterocycles. The fourth-order valence-corrected chi connectivity index (χ4v) is 3.31. The van der Waals surface area contributed by atoms with Crippen LogP contribution in [0.25, 0.3) is 0 Å². The van der Waals surface area contributed by atoms with E-state index in [9.17, 15) is 33.9 Å². The van der Waals surface area contributed by atoms with E-state index in [0.717, 1.165) is 6.21 Å². The smallest absolute Gasteiger partial charge is 0.332 e. The number of carbonyl (C=O) groups excluding carboxylic acids is 5. The van der Waals surface area contributed by atoms with E-state index in [4.69, 9.17) is 10.8 Å². The number of phenols is 1. The number of urea groups is 1. The lowest BCUT2D eigenvalue weighted by molar-refractivity contribution is -0.137.